The average molecular weight is 457 g/mol. The fraction of sp³-hybridized carbons (Fsp3) is 0.400. The van der Waals surface area contributed by atoms with E-state index in [2.05, 4.69) is 4.72 Å². The second kappa shape index (κ2) is 8.22. The monoisotopic (exact) mass is 456 g/mol. The molecule has 0 heterocycles. The number of benzene rings is 2. The van der Waals surface area contributed by atoms with Gasteiger partial charge in [0.05, 0.1) is 10.6 Å². The van der Waals surface area contributed by atoms with E-state index in [0.717, 1.165) is 9.87 Å². The molecule has 29 heavy (non-hydrogen) atoms. The van der Waals surface area contributed by atoms with Crippen molar-refractivity contribution in [3.05, 3.63) is 53.1 Å². The Kier molecular flexibility index (Phi) is 6.69. The lowest BCUT2D eigenvalue weighted by atomic mass is 9.85. The molecule has 6 nitrogen and oxygen atoms in total. The molecule has 1 unspecified atom stereocenters. The minimum atomic E-state index is -3.67. The number of hydrogen-bond acceptors (Lipinski definition) is 5. The maximum Gasteiger partial charge on any atom is 0.301 e. The molecule has 160 valence electrons. The quantitative estimate of drug-likeness (QED) is 0.713. The predicted molar refractivity (Wildman–Crippen MR) is 122 cm³/mol. The molecule has 0 saturated carbocycles. The van der Waals surface area contributed by atoms with Crippen LogP contribution in [0.25, 0.3) is 0 Å². The van der Waals surface area contributed by atoms with Gasteiger partial charge in [-0.2, -0.15) is 12.7 Å². The van der Waals surface area contributed by atoms with Crippen molar-refractivity contribution in [1.82, 2.24) is 4.31 Å². The highest BCUT2D eigenvalue weighted by atomic mass is 32.8. The Hall–Kier alpha value is -1.68. The van der Waals surface area contributed by atoms with Gasteiger partial charge in [-0.1, -0.05) is 38.5 Å². The first-order chi connectivity index (χ1) is 13.1. The van der Waals surface area contributed by atoms with Gasteiger partial charge in [-0.05, 0) is 49.1 Å². The maximum atomic E-state index is 13.1. The van der Waals surface area contributed by atoms with Crippen LogP contribution in [0.15, 0.2) is 41.3 Å². The Balaban J connectivity index is 2.55. The van der Waals surface area contributed by atoms with Gasteiger partial charge in [-0.25, -0.2) is 4.21 Å². The first-order valence-corrected chi connectivity index (χ1v) is 12.8. The van der Waals surface area contributed by atoms with E-state index in [1.54, 1.807) is 31.2 Å². The van der Waals surface area contributed by atoms with E-state index in [0.29, 0.717) is 27.5 Å². The summed E-state index contributed by atoms with van der Waals surface area (Å²) in [4.78, 5) is 0.424. The summed E-state index contributed by atoms with van der Waals surface area (Å²) < 4.78 is 47.2. The molecule has 1 N–H and O–H groups in total. The Morgan fingerprint density at radius 3 is 2.03 bits per heavy atom. The van der Waals surface area contributed by atoms with Crippen molar-refractivity contribution in [3.8, 4) is 5.75 Å². The fourth-order valence-corrected chi connectivity index (χ4v) is 4.72. The zero-order valence-corrected chi connectivity index (χ0v) is 20.2. The van der Waals surface area contributed by atoms with Crippen molar-refractivity contribution in [2.24, 2.45) is 0 Å². The van der Waals surface area contributed by atoms with E-state index >= 15 is 0 Å². The number of aryl methyl sites for hydroxylation is 2. The summed E-state index contributed by atoms with van der Waals surface area (Å²) >= 11 is 5.30. The van der Waals surface area contributed by atoms with E-state index < -0.39 is 24.4 Å². The van der Waals surface area contributed by atoms with Crippen LogP contribution in [-0.4, -0.2) is 31.0 Å². The van der Waals surface area contributed by atoms with Gasteiger partial charge < -0.3 is 4.18 Å². The van der Waals surface area contributed by atoms with E-state index in [-0.39, 0.29) is 0 Å². The molecule has 0 aliphatic rings. The lowest BCUT2D eigenvalue weighted by molar-refractivity contribution is 0.517. The van der Waals surface area contributed by atoms with Crippen LogP contribution >= 0.6 is 0 Å². The van der Waals surface area contributed by atoms with Crippen LogP contribution < -0.4 is 8.91 Å². The smallest absolute Gasteiger partial charge is 0.301 e. The van der Waals surface area contributed by atoms with Gasteiger partial charge in [0.25, 0.3) is 0 Å². The van der Waals surface area contributed by atoms with Crippen molar-refractivity contribution in [2.75, 3.05) is 18.8 Å². The molecule has 1 atom stereocenters. The van der Waals surface area contributed by atoms with E-state index in [1.807, 2.05) is 39.8 Å². The highest BCUT2D eigenvalue weighted by molar-refractivity contribution is 8.30. The summed E-state index contributed by atoms with van der Waals surface area (Å²) in [6.45, 7) is 9.58. The van der Waals surface area contributed by atoms with Crippen LogP contribution in [0.1, 0.15) is 37.5 Å². The molecule has 0 aromatic heterocycles. The van der Waals surface area contributed by atoms with Gasteiger partial charge in [0.15, 0.2) is 0 Å². The molecule has 0 radical (unpaired) electrons. The van der Waals surface area contributed by atoms with Crippen LogP contribution in [0.3, 0.4) is 0 Å². The third kappa shape index (κ3) is 5.69. The standard InChI is InChI=1S/C20H28N2O4S3/c1-14-8-10-16(11-9-14)28(23,27)26-19-12-15(2)18(13-17(19)20(3,4)5)21-29(24,25)22(6)7/h8-13,21H,1-7H3. The van der Waals surface area contributed by atoms with Crippen molar-refractivity contribution in [3.63, 3.8) is 0 Å². The number of anilines is 1. The molecule has 0 aliphatic heterocycles. The van der Waals surface area contributed by atoms with Crippen LogP contribution in [-0.2, 0) is 35.6 Å². The number of hydrogen-bond donors (Lipinski definition) is 1. The zero-order chi connectivity index (χ0) is 22.2. The summed E-state index contributed by atoms with van der Waals surface area (Å²) in [5, 5.41) is 0. The average Bonchev–Trinajstić information content (AvgIpc) is 2.56. The summed E-state index contributed by atoms with van der Waals surface area (Å²) in [5.41, 5.74) is 2.39. The minimum Gasteiger partial charge on any atom is -0.397 e. The van der Waals surface area contributed by atoms with Crippen LogP contribution in [0.5, 0.6) is 5.75 Å². The SMILES string of the molecule is Cc1ccc(S(=O)(=S)Oc2cc(C)c(NS(=O)(=O)N(C)C)cc2C(C)(C)C)cc1. The lowest BCUT2D eigenvalue weighted by Crippen LogP contribution is -2.29. The number of rotatable bonds is 6. The van der Waals surface area contributed by atoms with E-state index in [1.165, 1.54) is 14.1 Å². The van der Waals surface area contributed by atoms with Crippen molar-refractivity contribution in [1.29, 1.82) is 0 Å². The molecule has 0 fully saturated rings. The predicted octanol–water partition coefficient (Wildman–Crippen LogP) is 3.92. The van der Waals surface area contributed by atoms with Crippen LogP contribution in [0.4, 0.5) is 5.69 Å². The summed E-state index contributed by atoms with van der Waals surface area (Å²) in [6, 6.07) is 10.5. The second-order valence-corrected chi connectivity index (χ2v) is 12.9. The topological polar surface area (TPSA) is 75.7 Å². The maximum absolute atomic E-state index is 13.1. The first-order valence-electron chi connectivity index (χ1n) is 9.00. The molecule has 2 aromatic carbocycles. The fourth-order valence-electron chi connectivity index (χ4n) is 2.55. The Bertz CT molecular complexity index is 1100. The van der Waals surface area contributed by atoms with Crippen molar-refractivity contribution < 1.29 is 16.8 Å². The molecule has 0 aliphatic carbocycles. The molecular weight excluding hydrogens is 428 g/mol. The highest BCUT2D eigenvalue weighted by Crippen LogP contribution is 2.37. The molecule has 0 bridgehead atoms. The Morgan fingerprint density at radius 1 is 1.00 bits per heavy atom. The Morgan fingerprint density at radius 2 is 1.55 bits per heavy atom. The molecule has 2 aromatic rings. The summed E-state index contributed by atoms with van der Waals surface area (Å²) in [6.07, 6.45) is 0. The van der Waals surface area contributed by atoms with Crippen molar-refractivity contribution in [2.45, 2.75) is 44.9 Å². The van der Waals surface area contributed by atoms with Crippen molar-refractivity contribution >= 4 is 35.9 Å². The third-order valence-corrected chi connectivity index (χ3v) is 7.83. The number of nitrogens with one attached hydrogen (secondary N) is 1. The van der Waals surface area contributed by atoms with Gasteiger partial charge in [0, 0.05) is 30.8 Å². The highest BCUT2D eigenvalue weighted by Gasteiger charge is 2.25. The zero-order valence-electron chi connectivity index (χ0n) is 17.8. The molecular formula is C20H28N2O4S3. The van der Waals surface area contributed by atoms with Crippen LogP contribution in [0.2, 0.25) is 0 Å². The molecule has 2 rings (SSSR count). The summed E-state index contributed by atoms with van der Waals surface area (Å²) in [7, 11) is -3.97. The van der Waals surface area contributed by atoms with Gasteiger partial charge in [0.2, 0.25) is 8.77 Å². The molecule has 0 spiro atoms. The first kappa shape index (κ1) is 23.6. The van der Waals surface area contributed by atoms with E-state index in [9.17, 15) is 12.6 Å². The Labute approximate surface area is 179 Å². The number of nitrogens with zero attached hydrogens (tertiary/aromatic N) is 1. The largest absolute Gasteiger partial charge is 0.397 e. The lowest BCUT2D eigenvalue weighted by Gasteiger charge is -2.25. The third-order valence-electron chi connectivity index (χ3n) is 4.36. The van der Waals surface area contributed by atoms with Gasteiger partial charge >= 0.3 is 10.2 Å². The van der Waals surface area contributed by atoms with Gasteiger partial charge in [0.1, 0.15) is 5.75 Å². The van der Waals surface area contributed by atoms with Crippen LogP contribution in [0, 0.1) is 13.8 Å². The van der Waals surface area contributed by atoms with Gasteiger partial charge in [-0.15, -0.1) is 0 Å². The molecule has 0 amide bonds. The molecule has 9 heteroatoms. The van der Waals surface area contributed by atoms with E-state index in [4.69, 9.17) is 15.4 Å². The summed E-state index contributed by atoms with van der Waals surface area (Å²) in [5.74, 6) is 0.378. The minimum absolute atomic E-state index is 0.378. The normalized spacial score (nSPS) is 14.5. The molecule has 0 saturated heterocycles. The second-order valence-electron chi connectivity index (χ2n) is 8.15. The van der Waals surface area contributed by atoms with Gasteiger partial charge in [-0.3, -0.25) is 4.72 Å².